The highest BCUT2D eigenvalue weighted by Gasteiger charge is 2.17. The summed E-state index contributed by atoms with van der Waals surface area (Å²) in [6, 6.07) is 38.8. The lowest BCUT2D eigenvalue weighted by molar-refractivity contribution is 0.273. The van der Waals surface area contributed by atoms with E-state index in [0.29, 0.717) is 33.5 Å². The van der Waals surface area contributed by atoms with E-state index in [0.717, 1.165) is 55.7 Å². The Hall–Kier alpha value is -6.30. The van der Waals surface area contributed by atoms with Gasteiger partial charge in [-0.25, -0.2) is 14.4 Å². The fourth-order valence-corrected chi connectivity index (χ4v) is 6.12. The van der Waals surface area contributed by atoms with Crippen molar-refractivity contribution < 1.29 is 18.6 Å². The Bertz CT molecular complexity index is 2640. The van der Waals surface area contributed by atoms with Gasteiger partial charge in [-0.05, 0) is 121 Å². The molecule has 0 aliphatic heterocycles. The first-order valence-electron chi connectivity index (χ1n) is 16.7. The molecule has 0 amide bonds. The van der Waals surface area contributed by atoms with Crippen LogP contribution in [0.3, 0.4) is 0 Å². The smallest absolute Gasteiger partial charge is 0.156 e. The molecule has 0 saturated heterocycles. The number of nitriles is 2. The zero-order valence-corrected chi connectivity index (χ0v) is 30.5. The second-order valence-corrected chi connectivity index (χ2v) is 12.7. The van der Waals surface area contributed by atoms with E-state index in [2.05, 4.69) is 38.0 Å². The second-order valence-electron chi connectivity index (χ2n) is 11.9. The summed E-state index contributed by atoms with van der Waals surface area (Å²) in [4.78, 5) is 9.31. The average Bonchev–Trinajstić information content (AvgIpc) is 3.77. The van der Waals surface area contributed by atoms with Crippen LogP contribution >= 0.6 is 15.9 Å². The normalized spacial score (nSPS) is 10.7. The highest BCUT2D eigenvalue weighted by Crippen LogP contribution is 2.32. The maximum atomic E-state index is 12.3. The molecule has 0 radical (unpaired) electrons. The zero-order valence-electron chi connectivity index (χ0n) is 28.9. The predicted octanol–water partition coefficient (Wildman–Crippen LogP) is 10.1. The Morgan fingerprint density at radius 1 is 0.679 bits per heavy atom. The molecule has 8 rings (SSSR count). The Morgan fingerprint density at radius 3 is 1.53 bits per heavy atom. The van der Waals surface area contributed by atoms with Gasteiger partial charge in [0, 0.05) is 5.33 Å². The molecular weight excluding hydrogens is 738 g/mol. The molecule has 0 bridgehead atoms. The van der Waals surface area contributed by atoms with Crippen molar-refractivity contribution in [2.75, 3.05) is 25.3 Å². The second kappa shape index (κ2) is 16.4. The molecule has 8 nitrogen and oxygen atoms in total. The van der Waals surface area contributed by atoms with Crippen LogP contribution in [0.5, 0.6) is 11.5 Å². The van der Waals surface area contributed by atoms with Gasteiger partial charge in [0.25, 0.3) is 0 Å². The third-order valence-electron chi connectivity index (χ3n) is 8.50. The number of imidazole rings is 2. The first-order chi connectivity index (χ1) is 25.8. The molecule has 0 unspecified atom stereocenters. The van der Waals surface area contributed by atoms with Gasteiger partial charge in [-0.1, -0.05) is 40.2 Å². The standard InChI is InChI=1S/C21H16FN3O.C19H13N3O.C2H4BrF/c1-14-12-20(15-6-8-16(9-7-15)26-11-10-22)25-19-5-3-2-4-18(19)24-21(25)17(14)13-23;1-12-10-18(13-6-8-14(23)9-7-13)22-17-5-3-2-4-16(17)21-19(22)15(12)11-20;3-1-2-4/h2-9,12H,10-11H2,1H3;2-10,23H,1H3;1-2H2. The zero-order chi connectivity index (χ0) is 37.5. The number of phenols is 1. The lowest BCUT2D eigenvalue weighted by Crippen LogP contribution is -1.99. The number of alkyl halides is 3. The minimum absolute atomic E-state index is 0.0473. The summed E-state index contributed by atoms with van der Waals surface area (Å²) < 4.78 is 32.3. The summed E-state index contributed by atoms with van der Waals surface area (Å²) in [6.45, 7) is 3.10. The maximum absolute atomic E-state index is 12.3. The largest absolute Gasteiger partial charge is 0.508 e. The SMILES string of the molecule is Cc1cc(-c2ccc(O)cc2)n2c(nc3ccccc32)c1C#N.Cc1cc(-c2ccc(OCCF)cc2)n2c(nc3ccccc32)c1C#N.FCCBr. The summed E-state index contributed by atoms with van der Waals surface area (Å²) in [5, 5.41) is 29.1. The number of para-hydroxylation sites is 4. The van der Waals surface area contributed by atoms with Crippen LogP contribution in [0.25, 0.3) is 55.9 Å². The van der Waals surface area contributed by atoms with Gasteiger partial charge in [0.2, 0.25) is 0 Å². The number of fused-ring (bicyclic) bond motifs is 6. The number of hydrogen-bond donors (Lipinski definition) is 1. The van der Waals surface area contributed by atoms with Crippen LogP contribution in [-0.4, -0.2) is 49.2 Å². The molecule has 0 spiro atoms. The summed E-state index contributed by atoms with van der Waals surface area (Å²) >= 11 is 2.87. The van der Waals surface area contributed by atoms with Crippen molar-refractivity contribution in [2.45, 2.75) is 13.8 Å². The number of aryl methyl sites for hydroxylation is 2. The van der Waals surface area contributed by atoms with Gasteiger partial charge >= 0.3 is 0 Å². The number of pyridine rings is 2. The van der Waals surface area contributed by atoms with Gasteiger partial charge in [0.1, 0.15) is 36.9 Å². The predicted molar refractivity (Wildman–Crippen MR) is 208 cm³/mol. The van der Waals surface area contributed by atoms with Crippen LogP contribution in [0.4, 0.5) is 8.78 Å². The Kier molecular flexibility index (Phi) is 11.3. The van der Waals surface area contributed by atoms with E-state index in [9.17, 15) is 24.4 Å². The third kappa shape index (κ3) is 7.39. The number of halogens is 3. The minimum Gasteiger partial charge on any atom is -0.508 e. The molecule has 0 saturated carbocycles. The number of aromatic hydroxyl groups is 1. The topological polar surface area (TPSA) is 112 Å². The van der Waals surface area contributed by atoms with Crippen molar-refractivity contribution in [3.05, 3.63) is 131 Å². The molecular formula is C42H33BrF2N6O2. The molecule has 4 aromatic carbocycles. The van der Waals surface area contributed by atoms with Crippen LogP contribution in [0, 0.1) is 36.5 Å². The van der Waals surface area contributed by atoms with Crippen molar-refractivity contribution >= 4 is 49.3 Å². The number of aromatic nitrogens is 4. The lowest BCUT2D eigenvalue weighted by atomic mass is 10.1. The van der Waals surface area contributed by atoms with E-state index in [-0.39, 0.29) is 19.0 Å². The van der Waals surface area contributed by atoms with Crippen LogP contribution in [-0.2, 0) is 0 Å². The molecule has 4 heterocycles. The summed E-state index contributed by atoms with van der Waals surface area (Å²) in [5.41, 5.74) is 11.7. The first kappa shape index (κ1) is 36.5. The van der Waals surface area contributed by atoms with Gasteiger partial charge in [-0.15, -0.1) is 0 Å². The Balaban J connectivity index is 0.000000166. The molecule has 11 heteroatoms. The average molecular weight is 772 g/mol. The lowest BCUT2D eigenvalue weighted by Gasteiger charge is -2.11. The van der Waals surface area contributed by atoms with Crippen molar-refractivity contribution in [1.29, 1.82) is 10.5 Å². The number of hydrogen-bond acceptors (Lipinski definition) is 6. The van der Waals surface area contributed by atoms with Gasteiger partial charge in [0.15, 0.2) is 11.3 Å². The van der Waals surface area contributed by atoms with Crippen molar-refractivity contribution in [3.63, 3.8) is 0 Å². The highest BCUT2D eigenvalue weighted by molar-refractivity contribution is 9.09. The Morgan fingerprint density at radius 2 is 1.11 bits per heavy atom. The first-order valence-corrected chi connectivity index (χ1v) is 17.8. The molecule has 53 heavy (non-hydrogen) atoms. The molecule has 1 N–H and O–H groups in total. The van der Waals surface area contributed by atoms with Crippen molar-refractivity contribution in [1.82, 2.24) is 18.8 Å². The van der Waals surface area contributed by atoms with Crippen LogP contribution in [0.1, 0.15) is 22.3 Å². The number of phenolic OH excluding ortho intramolecular Hbond substituents is 1. The molecule has 4 aromatic heterocycles. The Labute approximate surface area is 312 Å². The molecule has 0 aliphatic carbocycles. The number of ether oxygens (including phenoxy) is 1. The summed E-state index contributed by atoms with van der Waals surface area (Å²) in [7, 11) is 0. The van der Waals surface area contributed by atoms with Crippen molar-refractivity contribution in [3.8, 4) is 46.2 Å². The number of nitrogens with zero attached hydrogens (tertiary/aromatic N) is 6. The minimum atomic E-state index is -0.516. The quantitative estimate of drug-likeness (QED) is 0.169. The van der Waals surface area contributed by atoms with E-state index >= 15 is 0 Å². The number of benzene rings is 4. The van der Waals surface area contributed by atoms with Crippen LogP contribution < -0.4 is 4.74 Å². The fourth-order valence-electron chi connectivity index (χ4n) is 6.12. The van der Waals surface area contributed by atoms with Crippen LogP contribution in [0.2, 0.25) is 0 Å². The molecule has 0 atom stereocenters. The van der Waals surface area contributed by atoms with Crippen LogP contribution in [0.15, 0.2) is 109 Å². The van der Waals surface area contributed by atoms with Gasteiger partial charge in [-0.3, -0.25) is 13.2 Å². The maximum Gasteiger partial charge on any atom is 0.156 e. The van der Waals surface area contributed by atoms with E-state index in [4.69, 9.17) is 4.74 Å². The molecule has 0 fully saturated rings. The highest BCUT2D eigenvalue weighted by atomic mass is 79.9. The van der Waals surface area contributed by atoms with E-state index < -0.39 is 6.67 Å². The molecule has 8 aromatic rings. The summed E-state index contributed by atoms with van der Waals surface area (Å²) in [6.07, 6.45) is 0. The third-order valence-corrected chi connectivity index (χ3v) is 8.80. The molecule has 264 valence electrons. The van der Waals surface area contributed by atoms with Crippen molar-refractivity contribution in [2.24, 2.45) is 0 Å². The number of rotatable bonds is 6. The van der Waals surface area contributed by atoms with E-state index in [1.54, 1.807) is 12.1 Å². The van der Waals surface area contributed by atoms with E-state index in [1.165, 1.54) is 0 Å². The van der Waals surface area contributed by atoms with E-state index in [1.807, 2.05) is 120 Å². The monoisotopic (exact) mass is 770 g/mol. The van der Waals surface area contributed by atoms with Gasteiger partial charge in [0.05, 0.1) is 51.3 Å². The summed E-state index contributed by atoms with van der Waals surface area (Å²) in [5.74, 6) is 0.856. The van der Waals surface area contributed by atoms with Gasteiger partial charge in [-0.2, -0.15) is 10.5 Å². The molecule has 0 aliphatic rings. The fraction of sp³-hybridized carbons (Fsp3) is 0.143. The van der Waals surface area contributed by atoms with Gasteiger partial charge < -0.3 is 9.84 Å².